The number of likely N-dealkylation sites (tertiary alicyclic amines) is 1. The first-order chi connectivity index (χ1) is 11.4. The number of benzene rings is 1. The van der Waals surface area contributed by atoms with E-state index in [1.165, 1.54) is 12.1 Å². The summed E-state index contributed by atoms with van der Waals surface area (Å²) in [6.45, 7) is 2.14. The number of nitrogens with zero attached hydrogens (tertiary/aromatic N) is 1. The minimum absolute atomic E-state index is 0.0456. The van der Waals surface area contributed by atoms with Gasteiger partial charge in [0.2, 0.25) is 5.91 Å². The molecule has 8 heteroatoms. The molecule has 2 saturated heterocycles. The quantitative estimate of drug-likeness (QED) is 0.915. The average molecular weight is 344 g/mol. The second-order valence-corrected chi connectivity index (χ2v) is 5.92. The standard InChI is InChI=1S/C16H19F3N2O3/c17-16(18,19)12-2-1-3-13(10-12)20-11-14(22)21-6-4-15(5-7-21)23-8-9-24-15/h1-3,10,20H,4-9,11H2. The van der Waals surface area contributed by atoms with Crippen LogP contribution >= 0.6 is 0 Å². The van der Waals surface area contributed by atoms with E-state index in [1.54, 1.807) is 4.90 Å². The molecule has 2 aliphatic heterocycles. The van der Waals surface area contributed by atoms with Crippen molar-refractivity contribution in [3.63, 3.8) is 0 Å². The molecule has 0 saturated carbocycles. The van der Waals surface area contributed by atoms with Gasteiger partial charge in [0.05, 0.1) is 25.3 Å². The lowest BCUT2D eigenvalue weighted by molar-refractivity contribution is -0.187. The van der Waals surface area contributed by atoms with E-state index in [4.69, 9.17) is 9.47 Å². The highest BCUT2D eigenvalue weighted by Gasteiger charge is 2.40. The van der Waals surface area contributed by atoms with Gasteiger partial charge in [0.15, 0.2) is 5.79 Å². The molecule has 0 radical (unpaired) electrons. The zero-order valence-corrected chi connectivity index (χ0v) is 13.1. The Bertz CT molecular complexity index is 590. The summed E-state index contributed by atoms with van der Waals surface area (Å²) < 4.78 is 49.2. The van der Waals surface area contributed by atoms with Crippen molar-refractivity contribution in [3.8, 4) is 0 Å². The normalized spacial score (nSPS) is 20.4. The van der Waals surface area contributed by atoms with Crippen LogP contribution in [0.25, 0.3) is 0 Å². The smallest absolute Gasteiger partial charge is 0.376 e. The highest BCUT2D eigenvalue weighted by atomic mass is 19.4. The number of amides is 1. The van der Waals surface area contributed by atoms with E-state index in [0.717, 1.165) is 12.1 Å². The fourth-order valence-corrected chi connectivity index (χ4v) is 2.98. The molecular formula is C16H19F3N2O3. The van der Waals surface area contributed by atoms with Crippen LogP contribution in [-0.2, 0) is 20.4 Å². The molecule has 0 atom stereocenters. The SMILES string of the molecule is O=C(CNc1cccc(C(F)(F)F)c1)N1CCC2(CC1)OCCO2. The van der Waals surface area contributed by atoms with Crippen LogP contribution in [0.3, 0.4) is 0 Å². The third-order valence-electron chi connectivity index (χ3n) is 4.33. The minimum atomic E-state index is -4.40. The molecule has 2 fully saturated rings. The van der Waals surface area contributed by atoms with Gasteiger partial charge >= 0.3 is 6.18 Å². The lowest BCUT2D eigenvalue weighted by atomic mass is 10.0. The summed E-state index contributed by atoms with van der Waals surface area (Å²) in [6, 6.07) is 4.82. The number of ether oxygens (including phenoxy) is 2. The topological polar surface area (TPSA) is 50.8 Å². The lowest BCUT2D eigenvalue weighted by Gasteiger charge is -2.37. The summed E-state index contributed by atoms with van der Waals surface area (Å²) in [4.78, 5) is 13.9. The molecule has 5 nitrogen and oxygen atoms in total. The van der Waals surface area contributed by atoms with Crippen LogP contribution < -0.4 is 5.32 Å². The van der Waals surface area contributed by atoms with Gasteiger partial charge in [-0.05, 0) is 18.2 Å². The van der Waals surface area contributed by atoms with Crippen LogP contribution in [0.4, 0.5) is 18.9 Å². The number of alkyl halides is 3. The zero-order chi connectivity index (χ0) is 17.2. The number of carbonyl (C=O) groups is 1. The van der Waals surface area contributed by atoms with Gasteiger partial charge in [-0.1, -0.05) is 6.07 Å². The van der Waals surface area contributed by atoms with Crippen molar-refractivity contribution < 1.29 is 27.4 Å². The summed E-state index contributed by atoms with van der Waals surface area (Å²) in [5.74, 6) is -0.703. The van der Waals surface area contributed by atoms with Crippen molar-refractivity contribution in [1.82, 2.24) is 4.90 Å². The van der Waals surface area contributed by atoms with Crippen molar-refractivity contribution in [1.29, 1.82) is 0 Å². The number of rotatable bonds is 3. The Hall–Kier alpha value is -1.80. The first-order valence-electron chi connectivity index (χ1n) is 7.85. The van der Waals surface area contributed by atoms with Gasteiger partial charge < -0.3 is 19.7 Å². The first-order valence-corrected chi connectivity index (χ1v) is 7.85. The van der Waals surface area contributed by atoms with Gasteiger partial charge in [0.1, 0.15) is 0 Å². The van der Waals surface area contributed by atoms with Gasteiger partial charge in [-0.15, -0.1) is 0 Å². The van der Waals surface area contributed by atoms with Crippen LogP contribution in [0, 0.1) is 0 Å². The molecule has 1 N–H and O–H groups in total. The lowest BCUT2D eigenvalue weighted by Crippen LogP contribution is -2.48. The number of halogens is 3. The van der Waals surface area contributed by atoms with Gasteiger partial charge in [0.25, 0.3) is 0 Å². The summed E-state index contributed by atoms with van der Waals surface area (Å²) >= 11 is 0. The van der Waals surface area contributed by atoms with Crippen molar-refractivity contribution in [2.24, 2.45) is 0 Å². The number of carbonyl (C=O) groups excluding carboxylic acids is 1. The molecule has 3 rings (SSSR count). The van der Waals surface area contributed by atoms with E-state index < -0.39 is 17.5 Å². The van der Waals surface area contributed by atoms with E-state index in [-0.39, 0.29) is 18.1 Å². The maximum absolute atomic E-state index is 12.7. The molecular weight excluding hydrogens is 325 g/mol. The second kappa shape index (κ2) is 6.60. The molecule has 132 valence electrons. The maximum Gasteiger partial charge on any atom is 0.416 e. The van der Waals surface area contributed by atoms with Gasteiger partial charge in [-0.25, -0.2) is 0 Å². The molecule has 0 unspecified atom stereocenters. The fraction of sp³-hybridized carbons (Fsp3) is 0.562. The van der Waals surface area contributed by atoms with E-state index >= 15 is 0 Å². The number of piperidine rings is 1. The molecule has 1 spiro atoms. The predicted molar refractivity (Wildman–Crippen MR) is 80.4 cm³/mol. The predicted octanol–water partition coefficient (Wildman–Crippen LogP) is 2.48. The van der Waals surface area contributed by atoms with E-state index in [1.807, 2.05) is 0 Å². The third kappa shape index (κ3) is 3.81. The molecule has 0 aromatic heterocycles. The first kappa shape index (κ1) is 17.0. The van der Waals surface area contributed by atoms with Crippen LogP contribution in [0.15, 0.2) is 24.3 Å². The maximum atomic E-state index is 12.7. The Kier molecular flexibility index (Phi) is 4.69. The molecule has 1 aromatic rings. The average Bonchev–Trinajstić information content (AvgIpc) is 3.01. The summed E-state index contributed by atoms with van der Waals surface area (Å²) in [6.07, 6.45) is -3.17. The second-order valence-electron chi connectivity index (χ2n) is 5.92. The van der Waals surface area contributed by atoms with Crippen molar-refractivity contribution in [2.45, 2.75) is 24.8 Å². The van der Waals surface area contributed by atoms with Gasteiger partial charge in [-0.3, -0.25) is 4.79 Å². The van der Waals surface area contributed by atoms with Gasteiger partial charge in [-0.2, -0.15) is 13.2 Å². The number of nitrogens with one attached hydrogen (secondary N) is 1. The zero-order valence-electron chi connectivity index (χ0n) is 13.1. The summed E-state index contributed by atoms with van der Waals surface area (Å²) in [7, 11) is 0. The Morgan fingerprint density at radius 3 is 2.50 bits per heavy atom. The number of hydrogen-bond acceptors (Lipinski definition) is 4. The monoisotopic (exact) mass is 344 g/mol. The highest BCUT2D eigenvalue weighted by Crippen LogP contribution is 2.32. The largest absolute Gasteiger partial charge is 0.416 e. The molecule has 2 heterocycles. The van der Waals surface area contributed by atoms with E-state index in [9.17, 15) is 18.0 Å². The summed E-state index contributed by atoms with van der Waals surface area (Å²) in [5.41, 5.74) is -0.468. The highest BCUT2D eigenvalue weighted by molar-refractivity contribution is 5.81. The number of hydrogen-bond donors (Lipinski definition) is 1. The minimum Gasteiger partial charge on any atom is -0.376 e. The van der Waals surface area contributed by atoms with Crippen LogP contribution in [0.2, 0.25) is 0 Å². The molecule has 1 amide bonds. The van der Waals surface area contributed by atoms with Crippen molar-refractivity contribution in [2.75, 3.05) is 38.2 Å². The Morgan fingerprint density at radius 2 is 1.88 bits per heavy atom. The van der Waals surface area contributed by atoms with Crippen LogP contribution in [0.1, 0.15) is 18.4 Å². The number of anilines is 1. The van der Waals surface area contributed by atoms with E-state index in [0.29, 0.717) is 39.1 Å². The third-order valence-corrected chi connectivity index (χ3v) is 4.33. The molecule has 2 aliphatic rings. The Labute approximate surface area is 137 Å². The van der Waals surface area contributed by atoms with Crippen molar-refractivity contribution in [3.05, 3.63) is 29.8 Å². The molecule has 0 aliphatic carbocycles. The molecule has 24 heavy (non-hydrogen) atoms. The fourth-order valence-electron chi connectivity index (χ4n) is 2.98. The van der Waals surface area contributed by atoms with Crippen LogP contribution in [0.5, 0.6) is 0 Å². The van der Waals surface area contributed by atoms with Gasteiger partial charge in [0, 0.05) is 31.6 Å². The van der Waals surface area contributed by atoms with Crippen molar-refractivity contribution >= 4 is 11.6 Å². The Morgan fingerprint density at radius 1 is 1.21 bits per heavy atom. The summed E-state index contributed by atoms with van der Waals surface area (Å²) in [5, 5.41) is 2.76. The van der Waals surface area contributed by atoms with Crippen LogP contribution in [-0.4, -0.2) is 49.4 Å². The van der Waals surface area contributed by atoms with E-state index in [2.05, 4.69) is 5.32 Å². The molecule has 1 aromatic carbocycles. The Balaban J connectivity index is 1.51. The molecule has 0 bridgehead atoms.